The number of amides is 1. The molecule has 1 amide bonds. The van der Waals surface area contributed by atoms with Crippen LogP contribution >= 0.6 is 0 Å². The molecule has 1 aromatic carbocycles. The van der Waals surface area contributed by atoms with Gasteiger partial charge in [0.15, 0.2) is 11.5 Å². The van der Waals surface area contributed by atoms with E-state index < -0.39 is 17.9 Å². The molecule has 0 aliphatic rings. The highest BCUT2D eigenvalue weighted by Crippen LogP contribution is 2.25. The number of benzene rings is 1. The first kappa shape index (κ1) is 16.8. The molecule has 0 fully saturated rings. The number of nitrogens with one attached hydrogen (secondary N) is 1. The van der Waals surface area contributed by atoms with Crippen molar-refractivity contribution in [2.75, 3.05) is 0 Å². The fourth-order valence-electron chi connectivity index (χ4n) is 1.77. The van der Waals surface area contributed by atoms with Crippen molar-refractivity contribution in [3.63, 3.8) is 0 Å². The Morgan fingerprint density at radius 2 is 1.95 bits per heavy atom. The molecule has 0 aliphatic heterocycles. The summed E-state index contributed by atoms with van der Waals surface area (Å²) in [6.45, 7) is 1.84. The van der Waals surface area contributed by atoms with Gasteiger partial charge in [-0.15, -0.1) is 0 Å². The number of carboxylic acids is 1. The van der Waals surface area contributed by atoms with Crippen LogP contribution in [-0.2, 0) is 16.0 Å². The number of phenolic OH excluding ortho intramolecular Hbond substituents is 2. The second-order valence-electron chi connectivity index (χ2n) is 4.86. The van der Waals surface area contributed by atoms with Crippen molar-refractivity contribution in [2.24, 2.45) is 5.73 Å². The van der Waals surface area contributed by atoms with Crippen LogP contribution in [0.4, 0.5) is 0 Å². The first-order valence-electron chi connectivity index (χ1n) is 6.62. The van der Waals surface area contributed by atoms with Crippen LogP contribution in [0.25, 0.3) is 0 Å². The predicted octanol–water partition coefficient (Wildman–Crippen LogP) is 0.337. The smallest absolute Gasteiger partial charge is 0.326 e. The van der Waals surface area contributed by atoms with Crippen molar-refractivity contribution >= 4 is 11.9 Å². The zero-order chi connectivity index (χ0) is 16.0. The van der Waals surface area contributed by atoms with Crippen LogP contribution in [0.1, 0.15) is 25.3 Å². The number of nitrogens with two attached hydrogens (primary N) is 1. The molecule has 7 heteroatoms. The minimum absolute atomic E-state index is 0.00369. The Morgan fingerprint density at radius 3 is 2.48 bits per heavy atom. The highest BCUT2D eigenvalue weighted by atomic mass is 16.4. The molecule has 7 nitrogen and oxygen atoms in total. The van der Waals surface area contributed by atoms with E-state index >= 15 is 0 Å². The van der Waals surface area contributed by atoms with Crippen molar-refractivity contribution in [1.29, 1.82) is 0 Å². The van der Waals surface area contributed by atoms with E-state index in [0.29, 0.717) is 12.0 Å². The molecule has 6 N–H and O–H groups in total. The lowest BCUT2D eigenvalue weighted by Gasteiger charge is -2.16. The average Bonchev–Trinajstić information content (AvgIpc) is 2.41. The summed E-state index contributed by atoms with van der Waals surface area (Å²) in [6.07, 6.45) is 0.675. The van der Waals surface area contributed by atoms with Crippen LogP contribution in [-0.4, -0.2) is 39.3 Å². The van der Waals surface area contributed by atoms with Crippen LogP contribution in [0.2, 0.25) is 0 Å². The number of carbonyl (C=O) groups excluding carboxylic acids is 1. The molecule has 0 radical (unpaired) electrons. The van der Waals surface area contributed by atoms with E-state index in [9.17, 15) is 19.8 Å². The molecule has 0 bridgehead atoms. The van der Waals surface area contributed by atoms with Gasteiger partial charge in [0.25, 0.3) is 0 Å². The molecule has 116 valence electrons. The van der Waals surface area contributed by atoms with Gasteiger partial charge in [-0.2, -0.15) is 0 Å². The maximum absolute atomic E-state index is 11.7. The summed E-state index contributed by atoms with van der Waals surface area (Å²) in [4.78, 5) is 22.9. The van der Waals surface area contributed by atoms with Gasteiger partial charge in [0.2, 0.25) is 5.91 Å². The Morgan fingerprint density at radius 1 is 1.29 bits per heavy atom. The zero-order valence-corrected chi connectivity index (χ0v) is 11.7. The summed E-state index contributed by atoms with van der Waals surface area (Å²) in [6, 6.07) is 2.57. The fourth-order valence-corrected chi connectivity index (χ4v) is 1.77. The molecule has 0 aliphatic carbocycles. The molecule has 0 heterocycles. The summed E-state index contributed by atoms with van der Waals surface area (Å²) >= 11 is 0. The summed E-state index contributed by atoms with van der Waals surface area (Å²) in [5.74, 6) is -2.24. The van der Waals surface area contributed by atoms with Crippen molar-refractivity contribution in [3.05, 3.63) is 23.8 Å². The highest BCUT2D eigenvalue weighted by molar-refractivity contribution is 5.84. The third-order valence-corrected chi connectivity index (χ3v) is 3.08. The van der Waals surface area contributed by atoms with E-state index in [1.54, 1.807) is 0 Å². The van der Waals surface area contributed by atoms with Crippen LogP contribution in [0.15, 0.2) is 18.2 Å². The number of aromatic hydroxyl groups is 2. The van der Waals surface area contributed by atoms with Gasteiger partial charge in [-0.05, 0) is 24.1 Å². The quantitative estimate of drug-likeness (QED) is 0.461. The van der Waals surface area contributed by atoms with Gasteiger partial charge in [0, 0.05) is 18.9 Å². The van der Waals surface area contributed by atoms with E-state index in [4.69, 9.17) is 10.8 Å². The molecule has 0 saturated heterocycles. The van der Waals surface area contributed by atoms with E-state index in [1.165, 1.54) is 18.2 Å². The largest absolute Gasteiger partial charge is 0.504 e. The first-order chi connectivity index (χ1) is 9.83. The van der Waals surface area contributed by atoms with Crippen LogP contribution < -0.4 is 11.1 Å². The number of hydrogen-bond donors (Lipinski definition) is 5. The maximum atomic E-state index is 11.7. The molecular weight excluding hydrogens is 276 g/mol. The van der Waals surface area contributed by atoms with Gasteiger partial charge in [0.05, 0.1) is 0 Å². The highest BCUT2D eigenvalue weighted by Gasteiger charge is 2.21. The normalized spacial score (nSPS) is 13.4. The van der Waals surface area contributed by atoms with E-state index in [0.717, 1.165) is 0 Å². The standard InChI is InChI=1S/C14H20N2O5/c1-2-9(15)7-13(19)16-10(14(20)21)5-8-3-4-11(17)12(18)6-8/h3-4,6,9-10,17-18H,2,5,7,15H2,1H3,(H,16,19)(H,20,21)/t9?,10-/m0/s1. The van der Waals surface area contributed by atoms with Crippen molar-refractivity contribution in [3.8, 4) is 11.5 Å². The summed E-state index contributed by atoms with van der Waals surface area (Å²) in [5.41, 5.74) is 6.13. The van der Waals surface area contributed by atoms with Crippen molar-refractivity contribution in [1.82, 2.24) is 5.32 Å². The molecule has 21 heavy (non-hydrogen) atoms. The minimum atomic E-state index is -1.18. The Hall–Kier alpha value is -2.28. The monoisotopic (exact) mass is 296 g/mol. The van der Waals surface area contributed by atoms with Gasteiger partial charge >= 0.3 is 5.97 Å². The van der Waals surface area contributed by atoms with Gasteiger partial charge < -0.3 is 26.4 Å². The zero-order valence-electron chi connectivity index (χ0n) is 11.7. The lowest BCUT2D eigenvalue weighted by atomic mass is 10.0. The molecular formula is C14H20N2O5. The van der Waals surface area contributed by atoms with Crippen molar-refractivity contribution in [2.45, 2.75) is 38.3 Å². The van der Waals surface area contributed by atoms with Crippen LogP contribution in [0, 0.1) is 0 Å². The molecule has 2 atom stereocenters. The van der Waals surface area contributed by atoms with E-state index in [-0.39, 0.29) is 30.4 Å². The van der Waals surface area contributed by atoms with Crippen LogP contribution in [0.5, 0.6) is 11.5 Å². The van der Waals surface area contributed by atoms with E-state index in [1.807, 2.05) is 6.92 Å². The molecule has 1 aromatic rings. The molecule has 1 rings (SSSR count). The van der Waals surface area contributed by atoms with Gasteiger partial charge in [0.1, 0.15) is 6.04 Å². The number of hydrogen-bond acceptors (Lipinski definition) is 5. The SMILES string of the molecule is CCC(N)CC(=O)N[C@@H](Cc1ccc(O)c(O)c1)C(=O)O. The van der Waals surface area contributed by atoms with Crippen molar-refractivity contribution < 1.29 is 24.9 Å². The van der Waals surface area contributed by atoms with Gasteiger partial charge in [-0.3, -0.25) is 4.79 Å². The number of carbonyl (C=O) groups is 2. The molecule has 1 unspecified atom stereocenters. The lowest BCUT2D eigenvalue weighted by Crippen LogP contribution is -2.44. The Kier molecular flexibility index (Phi) is 5.98. The Labute approximate surface area is 122 Å². The third kappa shape index (κ3) is 5.31. The lowest BCUT2D eigenvalue weighted by molar-refractivity contribution is -0.141. The van der Waals surface area contributed by atoms with Gasteiger partial charge in [-0.25, -0.2) is 4.79 Å². The predicted molar refractivity (Wildman–Crippen MR) is 75.9 cm³/mol. The topological polar surface area (TPSA) is 133 Å². The second-order valence-corrected chi connectivity index (χ2v) is 4.86. The van der Waals surface area contributed by atoms with E-state index in [2.05, 4.69) is 5.32 Å². The summed E-state index contributed by atoms with van der Waals surface area (Å²) < 4.78 is 0. The average molecular weight is 296 g/mol. The molecule has 0 aromatic heterocycles. The number of phenols is 2. The Balaban J connectivity index is 2.71. The molecule has 0 spiro atoms. The number of rotatable bonds is 7. The van der Waals surface area contributed by atoms with Crippen LogP contribution in [0.3, 0.4) is 0 Å². The number of aliphatic carboxylic acids is 1. The molecule has 0 saturated carbocycles. The summed E-state index contributed by atoms with van der Waals surface area (Å²) in [5, 5.41) is 30.1. The first-order valence-corrected chi connectivity index (χ1v) is 6.62. The van der Waals surface area contributed by atoms with Gasteiger partial charge in [-0.1, -0.05) is 13.0 Å². The summed E-state index contributed by atoms with van der Waals surface area (Å²) in [7, 11) is 0. The fraction of sp³-hybridized carbons (Fsp3) is 0.429. The second kappa shape index (κ2) is 7.49. The minimum Gasteiger partial charge on any atom is -0.504 e. The third-order valence-electron chi connectivity index (χ3n) is 3.08. The Bertz CT molecular complexity index is 518. The number of carboxylic acid groups (broad SMARTS) is 1. The maximum Gasteiger partial charge on any atom is 0.326 e.